The van der Waals surface area contributed by atoms with Gasteiger partial charge in [0.1, 0.15) is 11.6 Å². The number of benzene rings is 1. The Kier molecular flexibility index (Phi) is 4.72. The summed E-state index contributed by atoms with van der Waals surface area (Å²) in [4.78, 5) is 10.8. The smallest absolute Gasteiger partial charge is 0.319 e. The molecule has 16 heavy (non-hydrogen) atoms. The van der Waals surface area contributed by atoms with Gasteiger partial charge in [-0.05, 0) is 18.2 Å². The number of rotatable bonds is 5. The summed E-state index contributed by atoms with van der Waals surface area (Å²) in [7, 11) is 2.82. The molecule has 0 aromatic heterocycles. The van der Waals surface area contributed by atoms with Crippen LogP contribution >= 0.6 is 0 Å². The van der Waals surface area contributed by atoms with E-state index in [-0.39, 0.29) is 18.3 Å². The topological polar surface area (TPSA) is 47.6 Å². The van der Waals surface area contributed by atoms with Crippen molar-refractivity contribution in [3.63, 3.8) is 0 Å². The minimum Gasteiger partial charge on any atom is -0.496 e. The van der Waals surface area contributed by atoms with Crippen LogP contribution in [0.1, 0.15) is 5.56 Å². The normalized spacial score (nSPS) is 9.94. The summed E-state index contributed by atoms with van der Waals surface area (Å²) in [5.41, 5.74) is 0.659. The van der Waals surface area contributed by atoms with E-state index in [9.17, 15) is 9.18 Å². The van der Waals surface area contributed by atoms with Crippen LogP contribution in [-0.4, -0.2) is 26.7 Å². The van der Waals surface area contributed by atoms with E-state index < -0.39 is 0 Å². The molecule has 0 aliphatic rings. The molecule has 0 saturated carbocycles. The maximum Gasteiger partial charge on any atom is 0.319 e. The molecule has 0 aliphatic heterocycles. The van der Waals surface area contributed by atoms with Crippen LogP contribution in [0, 0.1) is 5.82 Å². The highest BCUT2D eigenvalue weighted by Gasteiger charge is 2.05. The molecule has 0 heterocycles. The molecule has 1 N–H and O–H groups in total. The van der Waals surface area contributed by atoms with Gasteiger partial charge in [0.05, 0.1) is 20.8 Å². The van der Waals surface area contributed by atoms with Gasteiger partial charge in [0, 0.05) is 12.1 Å². The minimum absolute atomic E-state index is 0.0795. The lowest BCUT2D eigenvalue weighted by Gasteiger charge is -2.09. The maximum absolute atomic E-state index is 13.0. The largest absolute Gasteiger partial charge is 0.496 e. The predicted octanol–water partition coefficient (Wildman–Crippen LogP) is 1.10. The van der Waals surface area contributed by atoms with Crippen molar-refractivity contribution in [1.82, 2.24) is 5.32 Å². The third-order valence-electron chi connectivity index (χ3n) is 2.05. The van der Waals surface area contributed by atoms with Gasteiger partial charge in [-0.1, -0.05) is 0 Å². The summed E-state index contributed by atoms with van der Waals surface area (Å²) in [6, 6.07) is 4.23. The zero-order chi connectivity index (χ0) is 12.0. The standard InChI is InChI=1S/C11H14FNO3/c1-15-10-4-3-9(12)5-8(10)6-13-7-11(14)16-2/h3-5,13H,6-7H2,1-2H3. The van der Waals surface area contributed by atoms with Crippen LogP contribution in [0.3, 0.4) is 0 Å². The van der Waals surface area contributed by atoms with Gasteiger partial charge < -0.3 is 14.8 Å². The van der Waals surface area contributed by atoms with Gasteiger partial charge in [0.2, 0.25) is 0 Å². The Morgan fingerprint density at radius 2 is 2.19 bits per heavy atom. The van der Waals surface area contributed by atoms with Crippen LogP contribution in [0.15, 0.2) is 18.2 Å². The molecule has 88 valence electrons. The molecular formula is C11H14FNO3. The van der Waals surface area contributed by atoms with Crippen LogP contribution in [0.5, 0.6) is 5.75 Å². The molecule has 4 nitrogen and oxygen atoms in total. The quantitative estimate of drug-likeness (QED) is 0.765. The lowest BCUT2D eigenvalue weighted by molar-refractivity contribution is -0.139. The summed E-state index contributed by atoms with van der Waals surface area (Å²) < 4.78 is 22.5. The van der Waals surface area contributed by atoms with Gasteiger partial charge >= 0.3 is 5.97 Å². The van der Waals surface area contributed by atoms with Gasteiger partial charge in [-0.3, -0.25) is 4.79 Å². The van der Waals surface area contributed by atoms with Gasteiger partial charge in [-0.25, -0.2) is 4.39 Å². The molecule has 0 amide bonds. The molecule has 1 rings (SSSR count). The second-order valence-corrected chi connectivity index (χ2v) is 3.14. The molecule has 0 aliphatic carbocycles. The number of hydrogen-bond acceptors (Lipinski definition) is 4. The highest BCUT2D eigenvalue weighted by molar-refractivity contribution is 5.71. The molecule has 0 bridgehead atoms. The number of methoxy groups -OCH3 is 2. The molecular weight excluding hydrogens is 213 g/mol. The van der Waals surface area contributed by atoms with Gasteiger partial charge in [0.25, 0.3) is 0 Å². The Bertz CT molecular complexity index is 368. The Labute approximate surface area is 93.4 Å². The molecule has 1 aromatic carbocycles. The molecule has 0 unspecified atom stereocenters. The average Bonchev–Trinajstić information content (AvgIpc) is 2.29. The van der Waals surface area contributed by atoms with Crippen molar-refractivity contribution in [1.29, 1.82) is 0 Å². The van der Waals surface area contributed by atoms with Crippen LogP contribution in [0.2, 0.25) is 0 Å². The molecule has 1 aromatic rings. The van der Waals surface area contributed by atoms with Gasteiger partial charge in [0.15, 0.2) is 0 Å². The van der Waals surface area contributed by atoms with Crippen LogP contribution in [-0.2, 0) is 16.1 Å². The summed E-state index contributed by atoms with van der Waals surface area (Å²) in [6.45, 7) is 0.423. The average molecular weight is 227 g/mol. The van der Waals surface area contributed by atoms with E-state index in [1.165, 1.54) is 26.4 Å². The zero-order valence-corrected chi connectivity index (χ0v) is 9.25. The monoisotopic (exact) mass is 227 g/mol. The maximum atomic E-state index is 13.0. The Hall–Kier alpha value is -1.62. The summed E-state index contributed by atoms with van der Waals surface area (Å²) in [5, 5.41) is 2.83. The summed E-state index contributed by atoms with van der Waals surface area (Å²) >= 11 is 0. The first-order chi connectivity index (χ1) is 7.67. The van der Waals surface area contributed by atoms with E-state index in [1.54, 1.807) is 6.07 Å². The fourth-order valence-electron chi connectivity index (χ4n) is 1.26. The van der Waals surface area contributed by atoms with E-state index in [0.29, 0.717) is 17.9 Å². The van der Waals surface area contributed by atoms with Crippen LogP contribution < -0.4 is 10.1 Å². The van der Waals surface area contributed by atoms with E-state index in [4.69, 9.17) is 4.74 Å². The Morgan fingerprint density at radius 3 is 2.81 bits per heavy atom. The highest BCUT2D eigenvalue weighted by Crippen LogP contribution is 2.18. The third kappa shape index (κ3) is 3.51. The van der Waals surface area contributed by atoms with E-state index in [2.05, 4.69) is 10.1 Å². The highest BCUT2D eigenvalue weighted by atomic mass is 19.1. The number of carbonyl (C=O) groups excluding carboxylic acids is 1. The van der Waals surface area contributed by atoms with E-state index >= 15 is 0 Å². The lowest BCUT2D eigenvalue weighted by Crippen LogP contribution is -2.23. The van der Waals surface area contributed by atoms with Gasteiger partial charge in [-0.2, -0.15) is 0 Å². The van der Waals surface area contributed by atoms with Crippen molar-refractivity contribution in [3.05, 3.63) is 29.6 Å². The second kappa shape index (κ2) is 6.07. The van der Waals surface area contributed by atoms with Crippen LogP contribution in [0.4, 0.5) is 4.39 Å². The molecule has 0 radical (unpaired) electrons. The fourth-order valence-corrected chi connectivity index (χ4v) is 1.26. The third-order valence-corrected chi connectivity index (χ3v) is 2.05. The number of esters is 1. The summed E-state index contributed by atoms with van der Waals surface area (Å²) in [6.07, 6.45) is 0. The molecule has 0 fully saturated rings. The van der Waals surface area contributed by atoms with Crippen molar-refractivity contribution in [2.45, 2.75) is 6.54 Å². The second-order valence-electron chi connectivity index (χ2n) is 3.14. The molecule has 0 spiro atoms. The zero-order valence-electron chi connectivity index (χ0n) is 9.25. The van der Waals surface area contributed by atoms with Crippen molar-refractivity contribution >= 4 is 5.97 Å². The predicted molar refractivity (Wildman–Crippen MR) is 56.7 cm³/mol. The molecule has 0 atom stereocenters. The van der Waals surface area contributed by atoms with Gasteiger partial charge in [-0.15, -0.1) is 0 Å². The SMILES string of the molecule is COC(=O)CNCc1cc(F)ccc1OC. The molecule has 0 saturated heterocycles. The lowest BCUT2D eigenvalue weighted by atomic mass is 10.2. The first-order valence-electron chi connectivity index (χ1n) is 4.77. The van der Waals surface area contributed by atoms with Crippen LogP contribution in [0.25, 0.3) is 0 Å². The number of nitrogens with one attached hydrogen (secondary N) is 1. The number of ether oxygens (including phenoxy) is 2. The molecule has 5 heteroatoms. The van der Waals surface area contributed by atoms with Crippen molar-refractivity contribution in [2.75, 3.05) is 20.8 Å². The first-order valence-corrected chi connectivity index (χ1v) is 4.77. The minimum atomic E-state index is -0.365. The van der Waals surface area contributed by atoms with Crippen molar-refractivity contribution in [3.8, 4) is 5.75 Å². The first kappa shape index (κ1) is 12.4. The van der Waals surface area contributed by atoms with E-state index in [1.807, 2.05) is 0 Å². The Morgan fingerprint density at radius 1 is 1.44 bits per heavy atom. The number of carbonyl (C=O) groups is 1. The van der Waals surface area contributed by atoms with E-state index in [0.717, 1.165) is 0 Å². The van der Waals surface area contributed by atoms with Crippen molar-refractivity contribution < 1.29 is 18.7 Å². The fraction of sp³-hybridized carbons (Fsp3) is 0.364. The Balaban J connectivity index is 2.58. The summed E-state index contributed by atoms with van der Waals surface area (Å²) in [5.74, 6) is -0.121. The van der Waals surface area contributed by atoms with Crippen molar-refractivity contribution in [2.24, 2.45) is 0 Å². The number of halogens is 1. The number of hydrogen-bond donors (Lipinski definition) is 1.